The van der Waals surface area contributed by atoms with E-state index in [2.05, 4.69) is 4.98 Å². The summed E-state index contributed by atoms with van der Waals surface area (Å²) in [5, 5.41) is 9.42. The molecular weight excluding hydrogens is 226 g/mol. The van der Waals surface area contributed by atoms with E-state index >= 15 is 0 Å². The number of Topliss-reactive ketones (excluding diaryl/α,β-unsaturated/α-hetero) is 1. The molecule has 0 unspecified atom stereocenters. The molecule has 1 heterocycles. The highest BCUT2D eigenvalue weighted by Crippen LogP contribution is 2.29. The zero-order chi connectivity index (χ0) is 12.5. The van der Waals surface area contributed by atoms with Crippen LogP contribution in [0.25, 0.3) is 6.08 Å². The van der Waals surface area contributed by atoms with E-state index in [1.54, 1.807) is 30.5 Å². The quantitative estimate of drug-likeness (QED) is 0.775. The van der Waals surface area contributed by atoms with Crippen molar-refractivity contribution in [3.05, 3.63) is 65.0 Å². The summed E-state index contributed by atoms with van der Waals surface area (Å²) in [6, 6.07) is 10.4. The number of benzene rings is 1. The van der Waals surface area contributed by atoms with Crippen LogP contribution in [0.15, 0.2) is 48.2 Å². The highest BCUT2D eigenvalue weighted by Gasteiger charge is 2.24. The average molecular weight is 237 g/mol. The molecule has 3 heteroatoms. The number of ketones is 1. The van der Waals surface area contributed by atoms with Gasteiger partial charge in [-0.15, -0.1) is 0 Å². The monoisotopic (exact) mass is 237 g/mol. The number of carbonyl (C=O) groups excluding carboxylic acids is 1. The van der Waals surface area contributed by atoms with Crippen molar-refractivity contribution in [2.75, 3.05) is 0 Å². The van der Waals surface area contributed by atoms with Gasteiger partial charge in [0.05, 0.1) is 5.69 Å². The van der Waals surface area contributed by atoms with Gasteiger partial charge in [-0.3, -0.25) is 9.78 Å². The Morgan fingerprint density at radius 2 is 2.11 bits per heavy atom. The third-order valence-electron chi connectivity index (χ3n) is 3.02. The SMILES string of the molecule is O=C1/C(=C/c2ccccn2)Cc2cc(O)ccc21. The maximum Gasteiger partial charge on any atom is 0.189 e. The van der Waals surface area contributed by atoms with E-state index in [1.807, 2.05) is 18.2 Å². The Balaban J connectivity index is 2.00. The first kappa shape index (κ1) is 10.7. The average Bonchev–Trinajstić information content (AvgIpc) is 2.67. The van der Waals surface area contributed by atoms with Crippen LogP contribution in [0.2, 0.25) is 0 Å². The number of aromatic nitrogens is 1. The molecule has 0 aliphatic heterocycles. The Labute approximate surface area is 104 Å². The zero-order valence-corrected chi connectivity index (χ0v) is 9.63. The van der Waals surface area contributed by atoms with Gasteiger partial charge in [0.15, 0.2) is 5.78 Å². The number of allylic oxidation sites excluding steroid dienone is 1. The topological polar surface area (TPSA) is 50.2 Å². The third-order valence-corrected chi connectivity index (χ3v) is 3.02. The van der Waals surface area contributed by atoms with Gasteiger partial charge >= 0.3 is 0 Å². The Kier molecular flexibility index (Phi) is 2.45. The number of aromatic hydroxyl groups is 1. The van der Waals surface area contributed by atoms with Gasteiger partial charge in [0.25, 0.3) is 0 Å². The van der Waals surface area contributed by atoms with E-state index in [4.69, 9.17) is 0 Å². The highest BCUT2D eigenvalue weighted by molar-refractivity contribution is 6.15. The first-order chi connectivity index (χ1) is 8.74. The van der Waals surface area contributed by atoms with Crippen molar-refractivity contribution in [2.24, 2.45) is 0 Å². The van der Waals surface area contributed by atoms with E-state index in [0.717, 1.165) is 11.3 Å². The predicted molar refractivity (Wildman–Crippen MR) is 68.4 cm³/mol. The summed E-state index contributed by atoms with van der Waals surface area (Å²) in [6.45, 7) is 0. The fourth-order valence-corrected chi connectivity index (χ4v) is 2.16. The molecule has 0 saturated carbocycles. The standard InChI is InChI=1S/C15H11NO2/c17-13-4-5-14-10(9-13)7-11(15(14)18)8-12-3-1-2-6-16-12/h1-6,8-9,17H,7H2/b11-8+. The number of pyridine rings is 1. The molecule has 1 aromatic heterocycles. The van der Waals surface area contributed by atoms with Crippen LogP contribution in [0.4, 0.5) is 0 Å². The van der Waals surface area contributed by atoms with Gasteiger partial charge in [0.2, 0.25) is 0 Å². The number of fused-ring (bicyclic) bond motifs is 1. The molecule has 0 atom stereocenters. The number of phenols is 1. The van der Waals surface area contributed by atoms with Crippen LogP contribution in [0, 0.1) is 0 Å². The van der Waals surface area contributed by atoms with Crippen LogP contribution in [0.1, 0.15) is 21.6 Å². The van der Waals surface area contributed by atoms with Crippen molar-refractivity contribution in [3.63, 3.8) is 0 Å². The number of phenolic OH excluding ortho intramolecular Hbond substituents is 1. The molecular formula is C15H11NO2. The maximum absolute atomic E-state index is 12.1. The second-order valence-electron chi connectivity index (χ2n) is 4.27. The van der Waals surface area contributed by atoms with E-state index in [1.165, 1.54) is 0 Å². The summed E-state index contributed by atoms with van der Waals surface area (Å²) in [5.74, 6) is 0.219. The summed E-state index contributed by atoms with van der Waals surface area (Å²) >= 11 is 0. The largest absolute Gasteiger partial charge is 0.508 e. The van der Waals surface area contributed by atoms with Crippen molar-refractivity contribution in [2.45, 2.75) is 6.42 Å². The second kappa shape index (κ2) is 4.11. The molecule has 0 bridgehead atoms. The molecule has 1 aromatic carbocycles. The highest BCUT2D eigenvalue weighted by atomic mass is 16.3. The number of nitrogens with zero attached hydrogens (tertiary/aromatic N) is 1. The summed E-state index contributed by atoms with van der Waals surface area (Å²) in [6.07, 6.45) is 4.06. The molecule has 3 rings (SSSR count). The van der Waals surface area contributed by atoms with Gasteiger partial charge in [-0.25, -0.2) is 0 Å². The van der Waals surface area contributed by atoms with E-state index in [9.17, 15) is 9.90 Å². The summed E-state index contributed by atoms with van der Waals surface area (Å²) < 4.78 is 0. The van der Waals surface area contributed by atoms with Gasteiger partial charge in [-0.2, -0.15) is 0 Å². The molecule has 0 fully saturated rings. The molecule has 0 spiro atoms. The van der Waals surface area contributed by atoms with Crippen LogP contribution in [0.5, 0.6) is 5.75 Å². The molecule has 1 aliphatic rings. The van der Waals surface area contributed by atoms with Gasteiger partial charge in [0, 0.05) is 23.8 Å². The Hall–Kier alpha value is -2.42. The third kappa shape index (κ3) is 1.80. The minimum Gasteiger partial charge on any atom is -0.508 e. The van der Waals surface area contributed by atoms with Gasteiger partial charge < -0.3 is 5.11 Å². The van der Waals surface area contributed by atoms with E-state index in [0.29, 0.717) is 17.6 Å². The van der Waals surface area contributed by atoms with Crippen molar-refractivity contribution < 1.29 is 9.90 Å². The summed E-state index contributed by atoms with van der Waals surface area (Å²) in [5.41, 5.74) is 3.05. The van der Waals surface area contributed by atoms with E-state index in [-0.39, 0.29) is 11.5 Å². The van der Waals surface area contributed by atoms with Gasteiger partial charge in [0.1, 0.15) is 5.75 Å². The molecule has 2 aromatic rings. The number of carbonyl (C=O) groups is 1. The molecule has 3 nitrogen and oxygen atoms in total. The Morgan fingerprint density at radius 3 is 2.89 bits per heavy atom. The van der Waals surface area contributed by atoms with Crippen LogP contribution in [-0.4, -0.2) is 15.9 Å². The summed E-state index contributed by atoms with van der Waals surface area (Å²) in [4.78, 5) is 16.3. The summed E-state index contributed by atoms with van der Waals surface area (Å²) in [7, 11) is 0. The van der Waals surface area contributed by atoms with Gasteiger partial charge in [-0.05, 0) is 42.0 Å². The fourth-order valence-electron chi connectivity index (χ4n) is 2.16. The normalized spacial score (nSPS) is 16.0. The lowest BCUT2D eigenvalue weighted by Crippen LogP contribution is -1.95. The molecule has 0 radical (unpaired) electrons. The lowest BCUT2D eigenvalue weighted by atomic mass is 10.1. The Bertz CT molecular complexity index is 645. The van der Waals surface area contributed by atoms with Crippen LogP contribution in [-0.2, 0) is 6.42 Å². The number of hydrogen-bond acceptors (Lipinski definition) is 3. The number of hydrogen-bond donors (Lipinski definition) is 1. The molecule has 18 heavy (non-hydrogen) atoms. The lowest BCUT2D eigenvalue weighted by molar-refractivity contribution is 0.104. The second-order valence-corrected chi connectivity index (χ2v) is 4.27. The predicted octanol–water partition coefficient (Wildman–Crippen LogP) is 2.61. The smallest absolute Gasteiger partial charge is 0.189 e. The maximum atomic E-state index is 12.1. The molecule has 88 valence electrons. The van der Waals surface area contributed by atoms with Crippen LogP contribution in [0.3, 0.4) is 0 Å². The number of rotatable bonds is 1. The molecule has 1 N–H and O–H groups in total. The first-order valence-corrected chi connectivity index (χ1v) is 5.72. The fraction of sp³-hybridized carbons (Fsp3) is 0.0667. The van der Waals surface area contributed by atoms with Crippen LogP contribution < -0.4 is 0 Å². The first-order valence-electron chi connectivity index (χ1n) is 5.72. The molecule has 1 aliphatic carbocycles. The van der Waals surface area contributed by atoms with Crippen molar-refractivity contribution >= 4 is 11.9 Å². The minimum atomic E-state index is 0.0238. The van der Waals surface area contributed by atoms with E-state index < -0.39 is 0 Å². The van der Waals surface area contributed by atoms with Crippen molar-refractivity contribution in [3.8, 4) is 5.75 Å². The molecule has 0 amide bonds. The van der Waals surface area contributed by atoms with Crippen molar-refractivity contribution in [1.82, 2.24) is 4.98 Å². The van der Waals surface area contributed by atoms with Crippen molar-refractivity contribution in [1.29, 1.82) is 0 Å². The lowest BCUT2D eigenvalue weighted by Gasteiger charge is -1.95. The van der Waals surface area contributed by atoms with Crippen LogP contribution >= 0.6 is 0 Å². The van der Waals surface area contributed by atoms with Gasteiger partial charge in [-0.1, -0.05) is 6.07 Å². The molecule has 0 saturated heterocycles. The zero-order valence-electron chi connectivity index (χ0n) is 9.63. The minimum absolute atomic E-state index is 0.0238. The Morgan fingerprint density at radius 1 is 1.22 bits per heavy atom.